The number of pyridine rings is 1. The number of aromatic nitrogens is 2. The summed E-state index contributed by atoms with van der Waals surface area (Å²) in [6.07, 6.45) is 3.19. The first kappa shape index (κ1) is 17.5. The molecule has 1 amide bonds. The highest BCUT2D eigenvalue weighted by molar-refractivity contribution is 6.04. The van der Waals surface area contributed by atoms with Crippen LogP contribution in [-0.2, 0) is 0 Å². The highest BCUT2D eigenvalue weighted by Crippen LogP contribution is 2.28. The van der Waals surface area contributed by atoms with Crippen molar-refractivity contribution in [1.82, 2.24) is 10.1 Å². The molecule has 0 aliphatic heterocycles. The fourth-order valence-corrected chi connectivity index (χ4v) is 2.33. The van der Waals surface area contributed by atoms with Gasteiger partial charge in [0.1, 0.15) is 11.5 Å². The van der Waals surface area contributed by atoms with Crippen molar-refractivity contribution in [1.29, 1.82) is 0 Å². The normalized spacial score (nSPS) is 10.6. The molecule has 0 aliphatic carbocycles. The smallest absolute Gasteiger partial charge is 0.258 e. The lowest BCUT2D eigenvalue weighted by molar-refractivity contribution is 0.102. The van der Waals surface area contributed by atoms with Crippen LogP contribution < -0.4 is 15.4 Å². The van der Waals surface area contributed by atoms with Crippen LogP contribution in [0.2, 0.25) is 0 Å². The number of rotatable bonds is 6. The lowest BCUT2D eigenvalue weighted by Gasteiger charge is -2.15. The Balaban J connectivity index is 1.76. The maximum atomic E-state index is 12.4. The average Bonchev–Trinajstić information content (AvgIpc) is 3.01. The molecule has 7 nitrogen and oxygen atoms in total. The minimum atomic E-state index is -0.318. The van der Waals surface area contributed by atoms with Crippen molar-refractivity contribution in [2.75, 3.05) is 10.6 Å². The number of carbonyl (C=O) groups is 1. The molecule has 2 N–H and O–H groups in total. The Kier molecular flexibility index (Phi) is 5.17. The first-order valence-corrected chi connectivity index (χ1v) is 8.23. The third-order valence-electron chi connectivity index (χ3n) is 3.40. The zero-order valence-corrected chi connectivity index (χ0v) is 14.8. The van der Waals surface area contributed by atoms with Crippen LogP contribution in [0.25, 0.3) is 0 Å². The molecule has 3 aromatic rings. The minimum Gasteiger partial charge on any atom is -0.489 e. The van der Waals surface area contributed by atoms with Gasteiger partial charge in [-0.3, -0.25) is 9.78 Å². The van der Waals surface area contributed by atoms with E-state index in [-0.39, 0.29) is 12.0 Å². The number of carbonyl (C=O) groups excluding carboxylic acids is 1. The SMILES string of the molecule is Cc1cc(NC(=O)c2cncc(Nc3ccccc3OC(C)C)c2)no1. The predicted molar refractivity (Wildman–Crippen MR) is 98.9 cm³/mol. The van der Waals surface area contributed by atoms with Gasteiger partial charge in [-0.1, -0.05) is 17.3 Å². The minimum absolute atomic E-state index is 0.0547. The van der Waals surface area contributed by atoms with Gasteiger partial charge in [-0.15, -0.1) is 0 Å². The number of hydrogen-bond acceptors (Lipinski definition) is 6. The van der Waals surface area contributed by atoms with Crippen molar-refractivity contribution in [2.45, 2.75) is 26.9 Å². The lowest BCUT2D eigenvalue weighted by Crippen LogP contribution is -2.12. The number of benzene rings is 1. The average molecular weight is 352 g/mol. The number of aryl methyl sites for hydroxylation is 1. The van der Waals surface area contributed by atoms with Crippen molar-refractivity contribution in [2.24, 2.45) is 0 Å². The second kappa shape index (κ2) is 7.69. The molecule has 1 aromatic carbocycles. The molecule has 0 saturated carbocycles. The third kappa shape index (κ3) is 4.38. The Morgan fingerprint density at radius 1 is 1.19 bits per heavy atom. The van der Waals surface area contributed by atoms with E-state index >= 15 is 0 Å². The van der Waals surface area contributed by atoms with Gasteiger partial charge in [0.2, 0.25) is 0 Å². The highest BCUT2D eigenvalue weighted by Gasteiger charge is 2.11. The maximum Gasteiger partial charge on any atom is 0.258 e. The van der Waals surface area contributed by atoms with Crippen molar-refractivity contribution in [3.05, 3.63) is 60.1 Å². The van der Waals surface area contributed by atoms with Gasteiger partial charge in [0.15, 0.2) is 5.82 Å². The summed E-state index contributed by atoms with van der Waals surface area (Å²) in [4.78, 5) is 16.5. The predicted octanol–water partition coefficient (Wildman–Crippen LogP) is 4.16. The number of ether oxygens (including phenoxy) is 1. The molecular formula is C19H20N4O3. The van der Waals surface area contributed by atoms with Gasteiger partial charge in [-0.2, -0.15) is 0 Å². The topological polar surface area (TPSA) is 89.3 Å². The van der Waals surface area contributed by atoms with Crippen LogP contribution in [0, 0.1) is 6.92 Å². The molecule has 0 spiro atoms. The Labute approximate surface area is 151 Å². The van der Waals surface area contributed by atoms with Crippen LogP contribution in [0.1, 0.15) is 30.0 Å². The molecule has 7 heteroatoms. The number of hydrogen-bond donors (Lipinski definition) is 2. The van der Waals surface area contributed by atoms with Gasteiger partial charge in [0.05, 0.1) is 29.2 Å². The third-order valence-corrected chi connectivity index (χ3v) is 3.40. The van der Waals surface area contributed by atoms with E-state index in [0.29, 0.717) is 22.8 Å². The van der Waals surface area contributed by atoms with Gasteiger partial charge >= 0.3 is 0 Å². The van der Waals surface area contributed by atoms with Crippen molar-refractivity contribution >= 4 is 23.1 Å². The van der Waals surface area contributed by atoms with Crippen molar-refractivity contribution in [3.63, 3.8) is 0 Å². The van der Waals surface area contributed by atoms with Crippen LogP contribution in [0.15, 0.2) is 53.3 Å². The van der Waals surface area contributed by atoms with E-state index in [0.717, 1.165) is 11.4 Å². The Bertz CT molecular complexity index is 905. The van der Waals surface area contributed by atoms with Gasteiger partial charge in [-0.05, 0) is 39.0 Å². The first-order chi connectivity index (χ1) is 12.5. The number of nitrogens with zero attached hydrogens (tertiary/aromatic N) is 2. The maximum absolute atomic E-state index is 12.4. The zero-order valence-electron chi connectivity index (χ0n) is 14.8. The van der Waals surface area contributed by atoms with E-state index in [1.165, 1.54) is 6.20 Å². The Morgan fingerprint density at radius 3 is 2.73 bits per heavy atom. The summed E-state index contributed by atoms with van der Waals surface area (Å²) in [7, 11) is 0. The fraction of sp³-hybridized carbons (Fsp3) is 0.211. The lowest BCUT2D eigenvalue weighted by atomic mass is 10.2. The monoisotopic (exact) mass is 352 g/mol. The van der Waals surface area contributed by atoms with Crippen LogP contribution in [0.4, 0.5) is 17.2 Å². The largest absolute Gasteiger partial charge is 0.489 e. The van der Waals surface area contributed by atoms with Crippen LogP contribution >= 0.6 is 0 Å². The highest BCUT2D eigenvalue weighted by atomic mass is 16.5. The summed E-state index contributed by atoms with van der Waals surface area (Å²) < 4.78 is 10.7. The van der Waals surface area contributed by atoms with Gasteiger partial charge < -0.3 is 19.9 Å². The van der Waals surface area contributed by atoms with Crippen LogP contribution in [0.5, 0.6) is 5.75 Å². The van der Waals surface area contributed by atoms with E-state index in [1.807, 2.05) is 38.1 Å². The molecule has 0 fully saturated rings. The van der Waals surface area contributed by atoms with Crippen molar-refractivity contribution < 1.29 is 14.1 Å². The summed E-state index contributed by atoms with van der Waals surface area (Å²) in [6.45, 7) is 5.69. The number of para-hydroxylation sites is 2. The van der Waals surface area contributed by atoms with E-state index < -0.39 is 0 Å². The van der Waals surface area contributed by atoms with Crippen LogP contribution in [0.3, 0.4) is 0 Å². The molecule has 2 aromatic heterocycles. The molecular weight excluding hydrogens is 332 g/mol. The Hall–Kier alpha value is -3.35. The molecule has 2 heterocycles. The summed E-state index contributed by atoms with van der Waals surface area (Å²) in [5.74, 6) is 1.40. The second-order valence-electron chi connectivity index (χ2n) is 6.03. The van der Waals surface area contributed by atoms with E-state index in [2.05, 4.69) is 20.8 Å². The summed E-state index contributed by atoms with van der Waals surface area (Å²) in [6, 6.07) is 11.0. The zero-order chi connectivity index (χ0) is 18.5. The van der Waals surface area contributed by atoms with Gasteiger partial charge in [-0.25, -0.2) is 0 Å². The van der Waals surface area contributed by atoms with Gasteiger partial charge in [0, 0.05) is 12.3 Å². The molecule has 0 aliphatic rings. The number of anilines is 3. The summed E-state index contributed by atoms with van der Waals surface area (Å²) >= 11 is 0. The summed E-state index contributed by atoms with van der Waals surface area (Å²) in [5.41, 5.74) is 1.87. The van der Waals surface area contributed by atoms with E-state index in [9.17, 15) is 4.79 Å². The summed E-state index contributed by atoms with van der Waals surface area (Å²) in [5, 5.41) is 9.66. The molecule has 3 rings (SSSR count). The first-order valence-electron chi connectivity index (χ1n) is 8.23. The number of amides is 1. The molecule has 0 atom stereocenters. The van der Waals surface area contributed by atoms with E-state index in [4.69, 9.17) is 9.26 Å². The molecule has 0 bridgehead atoms. The molecule has 0 saturated heterocycles. The fourth-order valence-electron chi connectivity index (χ4n) is 2.33. The molecule has 0 radical (unpaired) electrons. The standard InChI is InChI=1S/C19H20N4O3/c1-12(2)25-17-7-5-4-6-16(17)21-15-9-14(10-20-11-15)19(24)22-18-8-13(3)26-23-18/h4-12,21H,1-3H3,(H,22,23,24). The number of nitrogens with one attached hydrogen (secondary N) is 2. The molecule has 134 valence electrons. The Morgan fingerprint density at radius 2 is 2.00 bits per heavy atom. The van der Waals surface area contributed by atoms with Gasteiger partial charge in [0.25, 0.3) is 5.91 Å². The quantitative estimate of drug-likeness (QED) is 0.692. The molecule has 0 unspecified atom stereocenters. The second-order valence-corrected chi connectivity index (χ2v) is 6.03. The molecule has 26 heavy (non-hydrogen) atoms. The van der Waals surface area contributed by atoms with Crippen LogP contribution in [-0.4, -0.2) is 22.2 Å². The van der Waals surface area contributed by atoms with Crippen molar-refractivity contribution in [3.8, 4) is 5.75 Å². The van der Waals surface area contributed by atoms with E-state index in [1.54, 1.807) is 25.3 Å².